The van der Waals surface area contributed by atoms with Gasteiger partial charge >= 0.3 is 0 Å². The third-order valence-electron chi connectivity index (χ3n) is 8.73. The molecule has 3 N–H and O–H groups in total. The lowest BCUT2D eigenvalue weighted by molar-refractivity contribution is -0.255. The zero-order valence-electron chi connectivity index (χ0n) is 28.5. The van der Waals surface area contributed by atoms with Gasteiger partial charge in [0.25, 0.3) is 0 Å². The standard InChI is InChI=1S/C42H40N2O6S/c1-27(46)34-9-6-10-36(24-34)44-39(48)23-29-11-17-33(18-12-29)42-49-38(26-51-37-21-19-35(20-22-37)43-28(2)47)40(31-7-4-3-5-8-31)41(50-42)32-15-13-30(25-45)14-16-32/h3-22,24,38,40-42,45H,23,25-26H2,1-2H3,(H,43,47)(H,44,48). The maximum absolute atomic E-state index is 12.9. The number of carbonyl (C=O) groups excluding carboxylic acids is 3. The molecule has 260 valence electrons. The molecule has 5 aromatic rings. The Labute approximate surface area is 302 Å². The molecule has 1 fully saturated rings. The van der Waals surface area contributed by atoms with Crippen LogP contribution >= 0.6 is 11.8 Å². The number of nitrogens with one attached hydrogen (secondary N) is 2. The van der Waals surface area contributed by atoms with Crippen LogP contribution < -0.4 is 10.6 Å². The summed E-state index contributed by atoms with van der Waals surface area (Å²) in [5.41, 5.74) is 6.39. The molecule has 0 aliphatic carbocycles. The molecule has 9 heteroatoms. The van der Waals surface area contributed by atoms with Crippen LogP contribution in [0.2, 0.25) is 0 Å². The highest BCUT2D eigenvalue weighted by atomic mass is 32.2. The summed E-state index contributed by atoms with van der Waals surface area (Å²) in [5, 5.41) is 15.4. The Morgan fingerprint density at radius 3 is 2.04 bits per heavy atom. The molecule has 0 radical (unpaired) electrons. The number of aliphatic hydroxyl groups excluding tert-OH is 1. The summed E-state index contributed by atoms with van der Waals surface area (Å²) in [5.74, 6) is 0.124. The van der Waals surface area contributed by atoms with Crippen molar-refractivity contribution in [3.63, 3.8) is 0 Å². The van der Waals surface area contributed by atoms with Crippen molar-refractivity contribution in [2.75, 3.05) is 16.4 Å². The summed E-state index contributed by atoms with van der Waals surface area (Å²) in [4.78, 5) is 37.2. The molecule has 51 heavy (non-hydrogen) atoms. The van der Waals surface area contributed by atoms with Crippen LogP contribution in [0.3, 0.4) is 0 Å². The monoisotopic (exact) mass is 700 g/mol. The third-order valence-corrected chi connectivity index (χ3v) is 9.83. The van der Waals surface area contributed by atoms with Gasteiger partial charge < -0.3 is 25.2 Å². The zero-order chi connectivity index (χ0) is 35.7. The van der Waals surface area contributed by atoms with Gasteiger partial charge in [0.15, 0.2) is 12.1 Å². The second kappa shape index (κ2) is 16.8. The number of amides is 2. The summed E-state index contributed by atoms with van der Waals surface area (Å²) >= 11 is 1.68. The number of aliphatic hydroxyl groups is 1. The predicted octanol–water partition coefficient (Wildman–Crippen LogP) is 8.25. The molecule has 6 rings (SSSR count). The normalized spacial score (nSPS) is 18.5. The van der Waals surface area contributed by atoms with Gasteiger partial charge in [-0.25, -0.2) is 0 Å². The average Bonchev–Trinajstić information content (AvgIpc) is 3.14. The van der Waals surface area contributed by atoms with Crippen LogP contribution in [-0.4, -0.2) is 34.6 Å². The average molecular weight is 701 g/mol. The van der Waals surface area contributed by atoms with E-state index in [1.54, 1.807) is 36.0 Å². The maximum atomic E-state index is 12.9. The number of Topliss-reactive ketones (excluding diaryl/α,β-unsaturated/α-hetero) is 1. The lowest BCUT2D eigenvalue weighted by atomic mass is 9.84. The molecule has 0 aromatic heterocycles. The first-order chi connectivity index (χ1) is 24.7. The van der Waals surface area contributed by atoms with Crippen molar-refractivity contribution in [3.8, 4) is 0 Å². The first-order valence-corrected chi connectivity index (χ1v) is 17.8. The SMILES string of the molecule is CC(=O)Nc1ccc(SCC2OC(c3ccc(CC(=O)Nc4cccc(C(C)=O)c4)cc3)OC(c3ccc(CO)cc3)C2c2ccccc2)cc1. The van der Waals surface area contributed by atoms with Gasteiger partial charge in [-0.2, -0.15) is 0 Å². The minimum Gasteiger partial charge on any atom is -0.392 e. The quantitative estimate of drug-likeness (QED) is 0.0887. The van der Waals surface area contributed by atoms with Crippen LogP contribution in [-0.2, 0) is 32.1 Å². The summed E-state index contributed by atoms with van der Waals surface area (Å²) in [7, 11) is 0. The van der Waals surface area contributed by atoms with Gasteiger partial charge in [0, 0.05) is 46.0 Å². The molecule has 0 spiro atoms. The topological polar surface area (TPSA) is 114 Å². The van der Waals surface area contributed by atoms with Crippen molar-refractivity contribution >= 4 is 40.7 Å². The van der Waals surface area contributed by atoms with Crippen molar-refractivity contribution in [1.29, 1.82) is 0 Å². The van der Waals surface area contributed by atoms with E-state index in [1.165, 1.54) is 13.8 Å². The van der Waals surface area contributed by atoms with E-state index in [2.05, 4.69) is 22.8 Å². The Morgan fingerprint density at radius 2 is 1.37 bits per heavy atom. The highest BCUT2D eigenvalue weighted by Crippen LogP contribution is 2.48. The first kappa shape index (κ1) is 35.8. The fraction of sp³-hybridized carbons (Fsp3) is 0.214. The number of carbonyl (C=O) groups is 3. The minimum atomic E-state index is -0.683. The van der Waals surface area contributed by atoms with Crippen LogP contribution in [0.4, 0.5) is 11.4 Å². The molecule has 5 aromatic carbocycles. The third kappa shape index (κ3) is 9.39. The van der Waals surface area contributed by atoms with Gasteiger partial charge in [-0.05, 0) is 65.6 Å². The lowest BCUT2D eigenvalue weighted by Gasteiger charge is -2.43. The molecule has 1 heterocycles. The smallest absolute Gasteiger partial charge is 0.228 e. The van der Waals surface area contributed by atoms with Crippen LogP contribution in [0.1, 0.15) is 70.3 Å². The molecule has 4 unspecified atom stereocenters. The lowest BCUT2D eigenvalue weighted by Crippen LogP contribution is -2.38. The molecule has 4 atom stereocenters. The van der Waals surface area contributed by atoms with E-state index in [1.807, 2.05) is 91.0 Å². The Hall–Kier alpha value is -5.06. The van der Waals surface area contributed by atoms with Gasteiger partial charge in [-0.3, -0.25) is 14.4 Å². The number of thioether (sulfide) groups is 1. The highest BCUT2D eigenvalue weighted by molar-refractivity contribution is 7.99. The van der Waals surface area contributed by atoms with E-state index in [0.717, 1.165) is 38.4 Å². The first-order valence-electron chi connectivity index (χ1n) is 16.8. The van der Waals surface area contributed by atoms with E-state index >= 15 is 0 Å². The van der Waals surface area contributed by atoms with Crippen molar-refractivity contribution in [1.82, 2.24) is 0 Å². The summed E-state index contributed by atoms with van der Waals surface area (Å²) < 4.78 is 13.6. The Bertz CT molecular complexity index is 1950. The number of hydrogen-bond acceptors (Lipinski definition) is 7. The number of ether oxygens (including phenoxy) is 2. The fourth-order valence-corrected chi connectivity index (χ4v) is 7.14. The number of benzene rings is 5. The summed E-state index contributed by atoms with van der Waals surface area (Å²) in [6.45, 7) is 2.94. The van der Waals surface area contributed by atoms with Gasteiger partial charge in [0.1, 0.15) is 0 Å². The Morgan fingerprint density at radius 1 is 0.686 bits per heavy atom. The van der Waals surface area contributed by atoms with E-state index < -0.39 is 6.29 Å². The molecule has 0 saturated carbocycles. The molecule has 2 amide bonds. The van der Waals surface area contributed by atoms with Crippen LogP contribution in [0.15, 0.2) is 132 Å². The number of anilines is 2. The Kier molecular flexibility index (Phi) is 11.8. The molecule has 1 aliphatic heterocycles. The second-order valence-corrected chi connectivity index (χ2v) is 13.6. The molecule has 1 aliphatic rings. The van der Waals surface area contributed by atoms with Gasteiger partial charge in [0.05, 0.1) is 25.2 Å². The van der Waals surface area contributed by atoms with Gasteiger partial charge in [-0.15, -0.1) is 11.8 Å². The van der Waals surface area contributed by atoms with E-state index in [9.17, 15) is 19.5 Å². The van der Waals surface area contributed by atoms with Gasteiger partial charge in [-0.1, -0.05) is 91.0 Å². The van der Waals surface area contributed by atoms with Crippen LogP contribution in [0, 0.1) is 0 Å². The number of ketones is 1. The van der Waals surface area contributed by atoms with E-state index in [-0.39, 0.29) is 48.8 Å². The second-order valence-electron chi connectivity index (χ2n) is 12.5. The van der Waals surface area contributed by atoms with Crippen molar-refractivity contribution in [2.24, 2.45) is 0 Å². The summed E-state index contributed by atoms with van der Waals surface area (Å²) in [6, 6.07) is 40.4. The zero-order valence-corrected chi connectivity index (χ0v) is 29.3. The minimum absolute atomic E-state index is 0.0468. The molecule has 8 nitrogen and oxygen atoms in total. The fourth-order valence-electron chi connectivity index (χ4n) is 6.17. The van der Waals surface area contributed by atoms with Crippen molar-refractivity contribution in [3.05, 3.63) is 161 Å². The van der Waals surface area contributed by atoms with Gasteiger partial charge in [0.2, 0.25) is 11.8 Å². The molecular weight excluding hydrogens is 661 g/mol. The summed E-state index contributed by atoms with van der Waals surface area (Å²) in [6.07, 6.45) is -1.14. The maximum Gasteiger partial charge on any atom is 0.228 e. The van der Waals surface area contributed by atoms with E-state index in [0.29, 0.717) is 17.0 Å². The van der Waals surface area contributed by atoms with Crippen LogP contribution in [0.5, 0.6) is 0 Å². The van der Waals surface area contributed by atoms with E-state index in [4.69, 9.17) is 9.47 Å². The number of rotatable bonds is 12. The van der Waals surface area contributed by atoms with Crippen LogP contribution in [0.25, 0.3) is 0 Å². The molecule has 1 saturated heterocycles. The molecular formula is C42H40N2O6S. The highest BCUT2D eigenvalue weighted by Gasteiger charge is 2.41. The van der Waals surface area contributed by atoms with Crippen molar-refractivity contribution < 1.29 is 29.0 Å². The predicted molar refractivity (Wildman–Crippen MR) is 200 cm³/mol. The Balaban J connectivity index is 1.24. The largest absolute Gasteiger partial charge is 0.392 e. The van der Waals surface area contributed by atoms with Crippen molar-refractivity contribution in [2.45, 2.75) is 56.2 Å². The number of hydrogen-bond donors (Lipinski definition) is 3. The molecule has 0 bridgehead atoms.